The van der Waals surface area contributed by atoms with Gasteiger partial charge in [0.25, 0.3) is 0 Å². The Kier molecular flexibility index (Phi) is 7.98. The maximum atomic E-state index is 15.1. The quantitative estimate of drug-likeness (QED) is 0.249. The van der Waals surface area contributed by atoms with E-state index >= 15 is 4.39 Å². The van der Waals surface area contributed by atoms with Crippen LogP contribution < -0.4 is 19.9 Å². The van der Waals surface area contributed by atoms with Crippen LogP contribution >= 0.6 is 11.6 Å². The molecule has 0 unspecified atom stereocenters. The van der Waals surface area contributed by atoms with E-state index in [1.807, 2.05) is 18.7 Å². The summed E-state index contributed by atoms with van der Waals surface area (Å²) in [6, 6.07) is 6.88. The molecule has 2 atom stereocenters. The first-order valence-corrected chi connectivity index (χ1v) is 17.4. The summed E-state index contributed by atoms with van der Waals surface area (Å²) in [7, 11) is 1.82. The number of aromatic hydroxyl groups is 1. The Labute approximate surface area is 283 Å². The van der Waals surface area contributed by atoms with Crippen molar-refractivity contribution in [3.05, 3.63) is 57.6 Å². The number of halogens is 3. The number of aryl methyl sites for hydroxylation is 2. The van der Waals surface area contributed by atoms with E-state index in [1.165, 1.54) is 6.07 Å². The Morgan fingerprint density at radius 2 is 1.98 bits per heavy atom. The molecule has 4 aromatic rings. The van der Waals surface area contributed by atoms with Crippen molar-refractivity contribution in [2.45, 2.75) is 76.8 Å². The zero-order chi connectivity index (χ0) is 33.2. The maximum absolute atomic E-state index is 15.1. The number of anilines is 3. The fourth-order valence-corrected chi connectivity index (χ4v) is 8.75. The third kappa shape index (κ3) is 5.28. The fourth-order valence-electron chi connectivity index (χ4n) is 8.46. The van der Waals surface area contributed by atoms with E-state index < -0.39 is 6.17 Å². The monoisotopic (exact) mass is 678 g/mol. The third-order valence-corrected chi connectivity index (χ3v) is 11.1. The van der Waals surface area contributed by atoms with Crippen molar-refractivity contribution in [3.63, 3.8) is 0 Å². The molecule has 2 N–H and O–H groups in total. The van der Waals surface area contributed by atoms with Crippen molar-refractivity contribution in [2.24, 2.45) is 0 Å². The van der Waals surface area contributed by atoms with E-state index in [9.17, 15) is 9.50 Å². The fraction of sp³-hybridized carbons (Fsp3) is 0.514. The molecule has 13 heteroatoms. The number of nitrogens with one attached hydrogen (secondary N) is 1. The number of aromatic nitrogens is 4. The molecular weight excluding hydrogens is 638 g/mol. The zero-order valence-electron chi connectivity index (χ0n) is 27.4. The number of benzene rings is 2. The summed E-state index contributed by atoms with van der Waals surface area (Å²) >= 11 is 6.79. The van der Waals surface area contributed by atoms with Crippen molar-refractivity contribution < 1.29 is 18.6 Å². The molecule has 0 bridgehead atoms. The van der Waals surface area contributed by atoms with Crippen LogP contribution in [0.25, 0.3) is 10.8 Å². The van der Waals surface area contributed by atoms with E-state index in [0.29, 0.717) is 68.5 Å². The molecule has 0 saturated carbocycles. The molecule has 2 aromatic carbocycles. The molecule has 0 amide bonds. The van der Waals surface area contributed by atoms with Gasteiger partial charge in [0.2, 0.25) is 0 Å². The molecule has 4 aliphatic rings. The lowest BCUT2D eigenvalue weighted by Gasteiger charge is -2.35. The molecule has 2 aromatic heterocycles. The summed E-state index contributed by atoms with van der Waals surface area (Å²) in [6.45, 7) is 6.68. The average molecular weight is 679 g/mol. The molecule has 6 heterocycles. The Hall–Kier alpha value is -3.90. The molecular formula is C35H41ClF2N8O2. The van der Waals surface area contributed by atoms with Gasteiger partial charge in [-0.15, -0.1) is 0 Å². The highest BCUT2D eigenvalue weighted by atomic mass is 35.5. The SMILES string of the molecule is CCc1c(F)ccc2cc(O)cc(N3CCc4c(nc(OC[C@@]56CCCN5C[C@H](F)C6)nc4N4CCCn5nc(NC)c(Cl)c5C4)C3)c12. The number of hydrogen-bond donors (Lipinski definition) is 2. The summed E-state index contributed by atoms with van der Waals surface area (Å²) in [5.41, 5.74) is 3.85. The van der Waals surface area contributed by atoms with Gasteiger partial charge in [-0.05, 0) is 61.7 Å². The predicted molar refractivity (Wildman–Crippen MR) is 183 cm³/mol. The largest absolute Gasteiger partial charge is 0.508 e. The van der Waals surface area contributed by atoms with Crippen LogP contribution in [-0.4, -0.2) is 81.3 Å². The highest BCUT2D eigenvalue weighted by Gasteiger charge is 2.49. The summed E-state index contributed by atoms with van der Waals surface area (Å²) < 4.78 is 38.1. The van der Waals surface area contributed by atoms with Crippen LogP contribution in [0.2, 0.25) is 5.02 Å². The van der Waals surface area contributed by atoms with E-state index in [4.69, 9.17) is 26.3 Å². The number of phenolic OH excluding ortho intramolecular Hbond substituents is 1. The Balaban J connectivity index is 1.19. The second-order valence-corrected chi connectivity index (χ2v) is 14.0. The normalized spacial score (nSPS) is 22.5. The molecule has 10 nitrogen and oxygen atoms in total. The van der Waals surface area contributed by atoms with E-state index in [-0.39, 0.29) is 23.1 Å². The second-order valence-electron chi connectivity index (χ2n) is 13.6. The van der Waals surface area contributed by atoms with Gasteiger partial charge >= 0.3 is 6.01 Å². The molecule has 8 rings (SSSR count). The number of fused-ring (bicyclic) bond motifs is 4. The molecule has 2 saturated heterocycles. The number of hydrogen-bond acceptors (Lipinski definition) is 9. The first kappa shape index (κ1) is 31.4. The summed E-state index contributed by atoms with van der Waals surface area (Å²) in [5, 5.41) is 20.7. The Morgan fingerprint density at radius 1 is 1.10 bits per heavy atom. The Morgan fingerprint density at radius 3 is 2.81 bits per heavy atom. The number of phenols is 1. The number of ether oxygens (including phenoxy) is 1. The maximum Gasteiger partial charge on any atom is 0.318 e. The smallest absolute Gasteiger partial charge is 0.318 e. The number of rotatable bonds is 7. The number of nitrogens with zero attached hydrogens (tertiary/aromatic N) is 7. The van der Waals surface area contributed by atoms with Crippen molar-refractivity contribution in [1.82, 2.24) is 24.6 Å². The van der Waals surface area contributed by atoms with Gasteiger partial charge < -0.3 is 25.0 Å². The highest BCUT2D eigenvalue weighted by molar-refractivity contribution is 6.33. The van der Waals surface area contributed by atoms with Crippen LogP contribution in [0.4, 0.5) is 26.1 Å². The van der Waals surface area contributed by atoms with E-state index in [1.54, 1.807) is 18.2 Å². The van der Waals surface area contributed by atoms with Gasteiger partial charge in [0.1, 0.15) is 35.2 Å². The Bertz CT molecular complexity index is 1890. The first-order chi connectivity index (χ1) is 23.3. The van der Waals surface area contributed by atoms with E-state index in [2.05, 4.69) is 25.1 Å². The first-order valence-electron chi connectivity index (χ1n) is 17.1. The van der Waals surface area contributed by atoms with Crippen molar-refractivity contribution in [2.75, 3.05) is 55.0 Å². The van der Waals surface area contributed by atoms with Gasteiger partial charge in [-0.3, -0.25) is 9.58 Å². The van der Waals surface area contributed by atoms with Crippen molar-refractivity contribution >= 4 is 39.7 Å². The summed E-state index contributed by atoms with van der Waals surface area (Å²) in [5.74, 6) is 1.34. The van der Waals surface area contributed by atoms with Crippen LogP contribution in [-0.2, 0) is 32.5 Å². The van der Waals surface area contributed by atoms with E-state index in [0.717, 1.165) is 78.1 Å². The minimum atomic E-state index is -0.855. The van der Waals surface area contributed by atoms with Crippen LogP contribution in [0, 0.1) is 5.82 Å². The topological polar surface area (TPSA) is 94.8 Å². The lowest BCUT2D eigenvalue weighted by Crippen LogP contribution is -2.43. The average Bonchev–Trinajstić information content (AvgIpc) is 3.65. The van der Waals surface area contributed by atoms with Crippen molar-refractivity contribution in [3.8, 4) is 11.8 Å². The predicted octanol–water partition coefficient (Wildman–Crippen LogP) is 5.86. The van der Waals surface area contributed by atoms with Gasteiger partial charge in [0.05, 0.1) is 30.0 Å². The molecule has 254 valence electrons. The molecule has 2 fully saturated rings. The minimum absolute atomic E-state index is 0.131. The van der Waals surface area contributed by atoms with Crippen LogP contribution in [0.3, 0.4) is 0 Å². The van der Waals surface area contributed by atoms with Crippen molar-refractivity contribution in [1.29, 1.82) is 0 Å². The summed E-state index contributed by atoms with van der Waals surface area (Å²) in [6.07, 6.45) is 3.54. The lowest BCUT2D eigenvalue weighted by atomic mass is 9.95. The van der Waals surface area contributed by atoms with Gasteiger partial charge in [-0.2, -0.15) is 15.1 Å². The zero-order valence-corrected chi connectivity index (χ0v) is 28.2. The third-order valence-electron chi connectivity index (χ3n) is 10.7. The van der Waals surface area contributed by atoms with Gasteiger partial charge in [0, 0.05) is 62.4 Å². The molecule has 0 spiro atoms. The van der Waals surface area contributed by atoms with Gasteiger partial charge in [0.15, 0.2) is 5.82 Å². The molecule has 0 aliphatic carbocycles. The molecule has 0 radical (unpaired) electrons. The standard InChI is InChI=1S/C35H41ClF2N8O2/c1-3-24-26(38)7-6-21-14-23(47)15-28(30(21)24)43-13-8-25-27(18-43)40-34(48-20-35-9-4-11-45(35)17-22(37)16-35)41-33(25)44-10-5-12-46-29(19-44)31(36)32(39-2)42-46/h6-7,14-15,22,47H,3-5,8-13,16-20H2,1-2H3,(H,39,42)/t22-,35+/m1/s1. The summed E-state index contributed by atoms with van der Waals surface area (Å²) in [4.78, 5) is 16.7. The van der Waals surface area contributed by atoms with Crippen LogP contribution in [0.5, 0.6) is 11.8 Å². The lowest BCUT2D eigenvalue weighted by molar-refractivity contribution is 0.107. The van der Waals surface area contributed by atoms with Crippen LogP contribution in [0.1, 0.15) is 55.1 Å². The highest BCUT2D eigenvalue weighted by Crippen LogP contribution is 2.42. The number of alkyl halides is 1. The second kappa shape index (κ2) is 12.2. The molecule has 4 aliphatic heterocycles. The van der Waals surface area contributed by atoms with Gasteiger partial charge in [-0.1, -0.05) is 24.6 Å². The van der Waals surface area contributed by atoms with Crippen LogP contribution in [0.15, 0.2) is 24.3 Å². The van der Waals surface area contributed by atoms with Gasteiger partial charge in [-0.25, -0.2) is 8.78 Å². The molecule has 48 heavy (non-hydrogen) atoms. The minimum Gasteiger partial charge on any atom is -0.508 e.